The molecule has 1 fully saturated rings. The third-order valence-corrected chi connectivity index (χ3v) is 7.06. The third kappa shape index (κ3) is 4.62. The lowest BCUT2D eigenvalue weighted by Crippen LogP contribution is -2.46. The van der Waals surface area contributed by atoms with E-state index in [1.807, 2.05) is 20.8 Å². The minimum absolute atomic E-state index is 0.0368. The summed E-state index contributed by atoms with van der Waals surface area (Å²) in [6.45, 7) is 12.0. The van der Waals surface area contributed by atoms with Gasteiger partial charge >= 0.3 is 0 Å². The van der Waals surface area contributed by atoms with Crippen molar-refractivity contribution in [1.29, 1.82) is 0 Å². The zero-order valence-corrected chi connectivity index (χ0v) is 20.5. The van der Waals surface area contributed by atoms with Gasteiger partial charge in [0.2, 0.25) is 0 Å². The molecule has 3 aliphatic rings. The normalized spacial score (nSPS) is 21.4. The molecule has 0 spiro atoms. The summed E-state index contributed by atoms with van der Waals surface area (Å²) in [5.41, 5.74) is 2.82. The highest BCUT2D eigenvalue weighted by Crippen LogP contribution is 2.36. The molecule has 0 atom stereocenters. The molecule has 0 aromatic heterocycles. The van der Waals surface area contributed by atoms with E-state index >= 15 is 0 Å². The Morgan fingerprint density at radius 3 is 2.12 bits per heavy atom. The van der Waals surface area contributed by atoms with Crippen LogP contribution >= 0.6 is 0 Å². The second kappa shape index (κ2) is 9.29. The number of fused-ring (bicyclic) bond motifs is 1. The lowest BCUT2D eigenvalue weighted by molar-refractivity contribution is -0.117. The van der Waals surface area contributed by atoms with E-state index in [4.69, 9.17) is 0 Å². The van der Waals surface area contributed by atoms with Gasteiger partial charge in [0.1, 0.15) is 5.76 Å². The van der Waals surface area contributed by atoms with Gasteiger partial charge in [-0.15, -0.1) is 0 Å². The van der Waals surface area contributed by atoms with Gasteiger partial charge < -0.3 is 10.0 Å². The van der Waals surface area contributed by atoms with Crippen molar-refractivity contribution in [3.63, 3.8) is 0 Å². The van der Waals surface area contributed by atoms with Crippen molar-refractivity contribution < 1.29 is 19.5 Å². The van der Waals surface area contributed by atoms with Gasteiger partial charge in [-0.05, 0) is 19.3 Å². The standard InChI is InChI=1S/C27H33N3O4/c1-17(23-21(31)15-27(3,4)16-22(23)32)28-9-10-29-11-13-30(14-12-29)18(2)24-25(33)19-7-5-6-8-20(19)26(24)34/h5-8,31H,9-16H2,1-4H3. The molecule has 0 saturated carbocycles. The molecule has 1 saturated heterocycles. The van der Waals surface area contributed by atoms with Crippen LogP contribution in [0.5, 0.6) is 0 Å². The van der Waals surface area contributed by atoms with E-state index in [-0.39, 0.29) is 28.5 Å². The average molecular weight is 464 g/mol. The number of aliphatic imine (C=N–C) groups is 1. The van der Waals surface area contributed by atoms with Gasteiger partial charge in [0.25, 0.3) is 0 Å². The molecule has 1 aliphatic heterocycles. The van der Waals surface area contributed by atoms with Crippen LogP contribution in [0.25, 0.3) is 0 Å². The molecule has 1 aromatic rings. The predicted octanol–water partition coefficient (Wildman–Crippen LogP) is 3.62. The van der Waals surface area contributed by atoms with Gasteiger partial charge in [-0.3, -0.25) is 24.3 Å². The van der Waals surface area contributed by atoms with Crippen LogP contribution in [0.1, 0.15) is 61.3 Å². The number of nitrogens with zero attached hydrogens (tertiary/aromatic N) is 3. The number of carbonyl (C=O) groups is 3. The highest BCUT2D eigenvalue weighted by Gasteiger charge is 2.36. The molecular formula is C27H33N3O4. The van der Waals surface area contributed by atoms with Gasteiger partial charge in [-0.25, -0.2) is 0 Å². The van der Waals surface area contributed by atoms with Crippen molar-refractivity contribution in [1.82, 2.24) is 9.80 Å². The number of benzene rings is 1. The van der Waals surface area contributed by atoms with Crippen molar-refractivity contribution >= 4 is 23.1 Å². The monoisotopic (exact) mass is 463 g/mol. The fourth-order valence-corrected chi connectivity index (χ4v) is 5.18. The van der Waals surface area contributed by atoms with Gasteiger partial charge in [0.05, 0.1) is 17.7 Å². The summed E-state index contributed by atoms with van der Waals surface area (Å²) in [5, 5.41) is 10.4. The number of aliphatic hydroxyl groups is 1. The van der Waals surface area contributed by atoms with Crippen LogP contribution in [0.4, 0.5) is 0 Å². The van der Waals surface area contributed by atoms with Crippen LogP contribution in [0.15, 0.2) is 51.9 Å². The van der Waals surface area contributed by atoms with E-state index in [1.165, 1.54) is 0 Å². The lowest BCUT2D eigenvalue weighted by atomic mass is 9.76. The largest absolute Gasteiger partial charge is 0.511 e. The van der Waals surface area contributed by atoms with Gasteiger partial charge in [-0.1, -0.05) is 38.1 Å². The van der Waals surface area contributed by atoms with Gasteiger partial charge in [0.15, 0.2) is 17.3 Å². The second-order valence-corrected chi connectivity index (χ2v) is 10.2. The Morgan fingerprint density at radius 2 is 1.56 bits per heavy atom. The fraction of sp³-hybridized carbons (Fsp3) is 0.481. The Morgan fingerprint density at radius 1 is 0.971 bits per heavy atom. The first-order valence-corrected chi connectivity index (χ1v) is 11.9. The molecule has 4 rings (SSSR count). The summed E-state index contributed by atoms with van der Waals surface area (Å²) < 4.78 is 0. The number of Topliss-reactive ketones (excluding diaryl/α,β-unsaturated/α-hetero) is 3. The highest BCUT2D eigenvalue weighted by molar-refractivity contribution is 6.39. The predicted molar refractivity (Wildman–Crippen MR) is 131 cm³/mol. The first kappa shape index (κ1) is 24.1. The zero-order valence-electron chi connectivity index (χ0n) is 20.5. The van der Waals surface area contributed by atoms with Crippen LogP contribution in [0, 0.1) is 5.41 Å². The van der Waals surface area contributed by atoms with Crippen LogP contribution in [0.2, 0.25) is 0 Å². The van der Waals surface area contributed by atoms with Crippen LogP contribution in [-0.4, -0.2) is 77.2 Å². The second-order valence-electron chi connectivity index (χ2n) is 10.2. The van der Waals surface area contributed by atoms with Crippen molar-refractivity contribution in [2.45, 2.75) is 40.5 Å². The van der Waals surface area contributed by atoms with E-state index in [1.54, 1.807) is 31.2 Å². The SMILES string of the molecule is CC(=NCCN1CCN(C(C)=C2C(=O)c3ccccc3C2=O)CC1)C1=C(O)CC(C)(C)CC1=O. The van der Waals surface area contributed by atoms with Crippen LogP contribution in [-0.2, 0) is 4.79 Å². The number of hydrogen-bond acceptors (Lipinski definition) is 7. The van der Waals surface area contributed by atoms with Crippen LogP contribution in [0.3, 0.4) is 0 Å². The summed E-state index contributed by atoms with van der Waals surface area (Å²) in [5.74, 6) is -0.241. The van der Waals surface area contributed by atoms with Crippen molar-refractivity contribution in [3.8, 4) is 0 Å². The number of rotatable bonds is 5. The molecule has 1 aromatic carbocycles. The molecule has 0 radical (unpaired) electrons. The first-order valence-electron chi connectivity index (χ1n) is 11.9. The van der Waals surface area contributed by atoms with Crippen molar-refractivity contribution in [3.05, 3.63) is 58.0 Å². The molecule has 2 aliphatic carbocycles. The summed E-state index contributed by atoms with van der Waals surface area (Å²) >= 11 is 0. The van der Waals surface area contributed by atoms with E-state index in [0.717, 1.165) is 38.4 Å². The summed E-state index contributed by atoms with van der Waals surface area (Å²) in [7, 11) is 0. The molecule has 34 heavy (non-hydrogen) atoms. The number of ketones is 3. The van der Waals surface area contributed by atoms with E-state index in [9.17, 15) is 19.5 Å². The maximum absolute atomic E-state index is 12.8. The van der Waals surface area contributed by atoms with E-state index in [2.05, 4.69) is 14.8 Å². The van der Waals surface area contributed by atoms with Crippen molar-refractivity contribution in [2.24, 2.45) is 10.4 Å². The lowest BCUT2D eigenvalue weighted by Gasteiger charge is -2.36. The number of aliphatic hydroxyl groups excluding tert-OH is 1. The van der Waals surface area contributed by atoms with Gasteiger partial charge in [-0.2, -0.15) is 0 Å². The third-order valence-electron chi connectivity index (χ3n) is 7.06. The Kier molecular flexibility index (Phi) is 6.58. The topological polar surface area (TPSA) is 90.3 Å². The molecule has 7 heteroatoms. The molecule has 0 unspecified atom stereocenters. The fourth-order valence-electron chi connectivity index (χ4n) is 5.18. The minimum atomic E-state index is -0.214. The molecule has 1 N–H and O–H groups in total. The Hall–Kier alpha value is -3.06. The Bertz CT molecular complexity index is 1100. The molecule has 0 bridgehead atoms. The van der Waals surface area contributed by atoms with Gasteiger partial charge in [0, 0.05) is 68.1 Å². The van der Waals surface area contributed by atoms with Crippen molar-refractivity contribution in [2.75, 3.05) is 39.3 Å². The average Bonchev–Trinajstić information content (AvgIpc) is 3.03. The molecule has 7 nitrogen and oxygen atoms in total. The summed E-state index contributed by atoms with van der Waals surface area (Å²) in [4.78, 5) is 47.1. The number of hydrogen-bond donors (Lipinski definition) is 1. The molecule has 0 amide bonds. The minimum Gasteiger partial charge on any atom is -0.511 e. The quantitative estimate of drug-likeness (QED) is 0.408. The molecule has 1 heterocycles. The maximum atomic E-state index is 12.8. The number of allylic oxidation sites excluding steroid dienone is 4. The van der Waals surface area contributed by atoms with E-state index in [0.29, 0.717) is 47.4 Å². The summed E-state index contributed by atoms with van der Waals surface area (Å²) in [6, 6.07) is 7.00. The highest BCUT2D eigenvalue weighted by atomic mass is 16.3. The van der Waals surface area contributed by atoms with E-state index < -0.39 is 0 Å². The Labute approximate surface area is 200 Å². The number of piperazine rings is 1. The zero-order chi connectivity index (χ0) is 24.6. The smallest absolute Gasteiger partial charge is 0.199 e. The molecule has 180 valence electrons. The maximum Gasteiger partial charge on any atom is 0.199 e. The number of carbonyl (C=O) groups excluding carboxylic acids is 3. The molecular weight excluding hydrogens is 430 g/mol. The Balaban J connectivity index is 1.34. The first-order chi connectivity index (χ1) is 16.1. The van der Waals surface area contributed by atoms with Crippen LogP contribution < -0.4 is 0 Å². The summed E-state index contributed by atoms with van der Waals surface area (Å²) in [6.07, 6.45) is 0.917.